The summed E-state index contributed by atoms with van der Waals surface area (Å²) in [5.74, 6) is 0. The number of hydrogen-bond acceptors (Lipinski definition) is 3. The van der Waals surface area contributed by atoms with Gasteiger partial charge < -0.3 is 0 Å². The maximum atomic E-state index is 11.0. The number of hydrogen-bond donors (Lipinski definition) is 0. The van der Waals surface area contributed by atoms with Gasteiger partial charge in [-0.3, -0.25) is 4.21 Å². The second kappa shape index (κ2) is 7.25. The molecule has 0 saturated carbocycles. The van der Waals surface area contributed by atoms with Crippen LogP contribution in [0.2, 0.25) is 0 Å². The lowest BCUT2D eigenvalue weighted by Gasteiger charge is -2.07. The second-order valence-corrected chi connectivity index (χ2v) is 6.24. The van der Waals surface area contributed by atoms with Crippen LogP contribution in [0.15, 0.2) is 11.5 Å². The zero-order chi connectivity index (χ0) is 8.69. The lowest BCUT2D eigenvalue weighted by atomic mass is 10.6. The Morgan fingerprint density at radius 3 is 2.64 bits per heavy atom. The van der Waals surface area contributed by atoms with E-state index < -0.39 is 10.8 Å². The standard InChI is InChI=1S/C7H14OS3/c1-4-6-9-10-7(5-2)11(3)8/h4,6-7H,5H2,1-3H3/b6-4+/t7-,11-/m1/s1. The minimum atomic E-state index is -0.699. The molecule has 0 rings (SSSR count). The Morgan fingerprint density at radius 1 is 1.64 bits per heavy atom. The first-order valence-electron chi connectivity index (χ1n) is 3.47. The summed E-state index contributed by atoms with van der Waals surface area (Å²) in [5, 5.41) is 2.01. The summed E-state index contributed by atoms with van der Waals surface area (Å²) in [6.45, 7) is 4.05. The van der Waals surface area contributed by atoms with Crippen molar-refractivity contribution in [3.05, 3.63) is 11.5 Å². The molecule has 0 aromatic carbocycles. The van der Waals surface area contributed by atoms with E-state index in [9.17, 15) is 4.21 Å². The minimum Gasteiger partial charge on any atom is -0.259 e. The fraction of sp³-hybridized carbons (Fsp3) is 0.714. The predicted molar refractivity (Wildman–Crippen MR) is 58.1 cm³/mol. The Bertz CT molecular complexity index is 145. The van der Waals surface area contributed by atoms with E-state index in [-0.39, 0.29) is 4.58 Å². The summed E-state index contributed by atoms with van der Waals surface area (Å²) in [7, 11) is 2.64. The molecule has 0 aliphatic heterocycles. The van der Waals surface area contributed by atoms with Gasteiger partial charge in [0.25, 0.3) is 0 Å². The van der Waals surface area contributed by atoms with Crippen LogP contribution < -0.4 is 0 Å². The van der Waals surface area contributed by atoms with Gasteiger partial charge in [-0.25, -0.2) is 0 Å². The van der Waals surface area contributed by atoms with Gasteiger partial charge in [-0.2, -0.15) is 0 Å². The van der Waals surface area contributed by atoms with Crippen molar-refractivity contribution in [2.75, 3.05) is 6.26 Å². The maximum Gasteiger partial charge on any atom is 0.0902 e. The molecule has 0 bridgehead atoms. The third-order valence-electron chi connectivity index (χ3n) is 1.06. The van der Waals surface area contributed by atoms with E-state index in [4.69, 9.17) is 0 Å². The van der Waals surface area contributed by atoms with Crippen LogP contribution in [0.25, 0.3) is 0 Å². The second-order valence-electron chi connectivity index (χ2n) is 2.00. The van der Waals surface area contributed by atoms with Crippen molar-refractivity contribution in [3.63, 3.8) is 0 Å². The summed E-state index contributed by atoms with van der Waals surface area (Å²) in [6.07, 6.45) is 4.72. The molecule has 0 aliphatic rings. The molecule has 0 heterocycles. The van der Waals surface area contributed by atoms with E-state index in [0.717, 1.165) is 6.42 Å². The molecule has 4 heteroatoms. The van der Waals surface area contributed by atoms with Crippen molar-refractivity contribution in [3.8, 4) is 0 Å². The fourth-order valence-electron chi connectivity index (χ4n) is 0.508. The van der Waals surface area contributed by atoms with Crippen molar-refractivity contribution in [1.82, 2.24) is 0 Å². The van der Waals surface area contributed by atoms with Gasteiger partial charge in [0.2, 0.25) is 0 Å². The third kappa shape index (κ3) is 5.82. The van der Waals surface area contributed by atoms with Crippen LogP contribution in [0, 0.1) is 0 Å². The van der Waals surface area contributed by atoms with Crippen molar-refractivity contribution >= 4 is 32.4 Å². The lowest BCUT2D eigenvalue weighted by molar-refractivity contribution is 0.683. The van der Waals surface area contributed by atoms with E-state index in [0.29, 0.717) is 0 Å². The highest BCUT2D eigenvalue weighted by atomic mass is 33.1. The highest BCUT2D eigenvalue weighted by molar-refractivity contribution is 8.79. The molecule has 0 unspecified atom stereocenters. The number of allylic oxidation sites excluding steroid dienone is 1. The quantitative estimate of drug-likeness (QED) is 0.649. The van der Waals surface area contributed by atoms with E-state index >= 15 is 0 Å². The summed E-state index contributed by atoms with van der Waals surface area (Å²) in [6, 6.07) is 0. The molecule has 11 heavy (non-hydrogen) atoms. The summed E-state index contributed by atoms with van der Waals surface area (Å²) in [5.41, 5.74) is 0. The monoisotopic (exact) mass is 210 g/mol. The van der Waals surface area contributed by atoms with Crippen molar-refractivity contribution in [2.45, 2.75) is 24.9 Å². The Hall–Kier alpha value is 0.590. The zero-order valence-electron chi connectivity index (χ0n) is 7.07. The highest BCUT2D eigenvalue weighted by Crippen LogP contribution is 2.30. The third-order valence-corrected chi connectivity index (χ3v) is 6.00. The Balaban J connectivity index is 3.61. The SMILES string of the molecule is C/C=C/SS[C@@H](CC)[S@@](C)=O. The Morgan fingerprint density at radius 2 is 2.27 bits per heavy atom. The Labute approximate surface area is 79.3 Å². The maximum absolute atomic E-state index is 11.0. The first-order chi connectivity index (χ1) is 5.22. The molecule has 66 valence electrons. The van der Waals surface area contributed by atoms with Crippen LogP contribution in [0.3, 0.4) is 0 Å². The largest absolute Gasteiger partial charge is 0.259 e. The summed E-state index contributed by atoms with van der Waals surface area (Å²) >= 11 is 0. The van der Waals surface area contributed by atoms with Crippen LogP contribution in [-0.2, 0) is 10.8 Å². The van der Waals surface area contributed by atoms with Crippen LogP contribution in [0.1, 0.15) is 20.3 Å². The van der Waals surface area contributed by atoms with Gasteiger partial charge in [-0.05, 0) is 18.8 Å². The van der Waals surface area contributed by atoms with Crippen molar-refractivity contribution < 1.29 is 4.21 Å². The predicted octanol–water partition coefficient (Wildman–Crippen LogP) is 3.02. The molecule has 0 saturated heterocycles. The van der Waals surface area contributed by atoms with Crippen LogP contribution in [0.5, 0.6) is 0 Å². The topological polar surface area (TPSA) is 17.1 Å². The van der Waals surface area contributed by atoms with E-state index in [1.807, 2.05) is 18.4 Å². The molecular formula is C7H14OS3. The highest BCUT2D eigenvalue weighted by Gasteiger charge is 2.09. The van der Waals surface area contributed by atoms with Crippen LogP contribution in [-0.4, -0.2) is 15.0 Å². The smallest absolute Gasteiger partial charge is 0.0902 e. The van der Waals surface area contributed by atoms with E-state index in [2.05, 4.69) is 6.92 Å². The van der Waals surface area contributed by atoms with Crippen LogP contribution in [0.4, 0.5) is 0 Å². The molecule has 2 atom stereocenters. The fourth-order valence-corrected chi connectivity index (χ4v) is 4.56. The average Bonchev–Trinajstić information content (AvgIpc) is 1.97. The van der Waals surface area contributed by atoms with Gasteiger partial charge in [0.05, 0.1) is 4.58 Å². The Kier molecular flexibility index (Phi) is 7.64. The first kappa shape index (κ1) is 11.6. The summed E-state index contributed by atoms with van der Waals surface area (Å²) in [4.78, 5) is 0. The molecule has 0 N–H and O–H groups in total. The molecule has 0 aromatic heterocycles. The van der Waals surface area contributed by atoms with Crippen molar-refractivity contribution in [1.29, 1.82) is 0 Å². The first-order valence-corrected chi connectivity index (χ1v) is 7.37. The van der Waals surface area contributed by atoms with Gasteiger partial charge in [0.1, 0.15) is 0 Å². The summed E-state index contributed by atoms with van der Waals surface area (Å²) < 4.78 is 11.3. The minimum absolute atomic E-state index is 0.274. The lowest BCUT2D eigenvalue weighted by Crippen LogP contribution is -2.05. The van der Waals surface area contributed by atoms with Gasteiger partial charge in [0.15, 0.2) is 0 Å². The van der Waals surface area contributed by atoms with Gasteiger partial charge >= 0.3 is 0 Å². The van der Waals surface area contributed by atoms with Crippen LogP contribution >= 0.6 is 21.6 Å². The molecule has 0 fully saturated rings. The zero-order valence-corrected chi connectivity index (χ0v) is 9.52. The van der Waals surface area contributed by atoms with E-state index in [1.165, 1.54) is 0 Å². The van der Waals surface area contributed by atoms with Crippen molar-refractivity contribution in [2.24, 2.45) is 0 Å². The molecule has 0 aromatic rings. The average molecular weight is 210 g/mol. The van der Waals surface area contributed by atoms with Gasteiger partial charge in [0, 0.05) is 17.1 Å². The molecule has 1 nitrogen and oxygen atoms in total. The molecule has 0 spiro atoms. The molecule has 0 radical (unpaired) electrons. The number of rotatable bonds is 5. The molecule has 0 aliphatic carbocycles. The molecular weight excluding hydrogens is 196 g/mol. The van der Waals surface area contributed by atoms with Gasteiger partial charge in [-0.1, -0.05) is 34.6 Å². The normalized spacial score (nSPS) is 17.0. The van der Waals surface area contributed by atoms with Gasteiger partial charge in [-0.15, -0.1) is 0 Å². The molecule has 0 amide bonds. The van der Waals surface area contributed by atoms with E-state index in [1.54, 1.807) is 27.8 Å².